The van der Waals surface area contributed by atoms with Gasteiger partial charge in [-0.25, -0.2) is 4.98 Å². The molecule has 0 radical (unpaired) electrons. The molecule has 0 aliphatic rings. The molecule has 0 amide bonds. The van der Waals surface area contributed by atoms with Crippen LogP contribution in [0.1, 0.15) is 12.6 Å². The number of halogens is 1. The van der Waals surface area contributed by atoms with Crippen LogP contribution in [0.3, 0.4) is 0 Å². The number of hydrogen-bond acceptors (Lipinski definition) is 2. The van der Waals surface area contributed by atoms with Crippen molar-refractivity contribution in [2.75, 3.05) is 6.54 Å². The van der Waals surface area contributed by atoms with E-state index in [0.717, 1.165) is 22.8 Å². The van der Waals surface area contributed by atoms with E-state index in [1.54, 1.807) is 0 Å². The minimum atomic E-state index is 0.462. The maximum atomic E-state index is 5.94. The molecule has 2 rings (SSSR count). The molecule has 2 N–H and O–H groups in total. The molecule has 80 valence electrons. The number of imidazole rings is 1. The molecule has 0 fully saturated rings. The maximum Gasteiger partial charge on any atom is 0.136 e. The molecule has 0 saturated carbocycles. The highest BCUT2D eigenvalue weighted by Crippen LogP contribution is 2.15. The fourth-order valence-electron chi connectivity index (χ4n) is 1.60. The van der Waals surface area contributed by atoms with Gasteiger partial charge in [0.2, 0.25) is 0 Å². The Bertz CT molecular complexity index is 464. The van der Waals surface area contributed by atoms with Crippen molar-refractivity contribution in [2.45, 2.75) is 13.3 Å². The molecule has 2 heterocycles. The van der Waals surface area contributed by atoms with Gasteiger partial charge in [0.25, 0.3) is 0 Å². The highest BCUT2D eigenvalue weighted by molar-refractivity contribution is 6.30. The van der Waals surface area contributed by atoms with Crippen LogP contribution in [0.5, 0.6) is 0 Å². The number of fused-ring (bicyclic) bond motifs is 1. The predicted molar refractivity (Wildman–Crippen MR) is 62.1 cm³/mol. The van der Waals surface area contributed by atoms with Crippen LogP contribution in [0, 0.1) is 5.92 Å². The average molecular weight is 224 g/mol. The third kappa shape index (κ3) is 2.13. The molecule has 15 heavy (non-hydrogen) atoms. The SMILES string of the molecule is CC(CN)Cc1cnc2ccc(Cl)cn12. The molecule has 0 aromatic carbocycles. The molecule has 2 aromatic heterocycles. The summed E-state index contributed by atoms with van der Waals surface area (Å²) in [5.74, 6) is 0.462. The van der Waals surface area contributed by atoms with Crippen molar-refractivity contribution in [2.24, 2.45) is 11.7 Å². The van der Waals surface area contributed by atoms with Gasteiger partial charge in [-0.2, -0.15) is 0 Å². The summed E-state index contributed by atoms with van der Waals surface area (Å²) in [7, 11) is 0. The van der Waals surface area contributed by atoms with Gasteiger partial charge in [-0.15, -0.1) is 0 Å². The van der Waals surface area contributed by atoms with Gasteiger partial charge in [0.05, 0.1) is 5.02 Å². The second-order valence-corrected chi connectivity index (χ2v) is 4.31. The first kappa shape index (κ1) is 10.5. The van der Waals surface area contributed by atoms with Gasteiger partial charge >= 0.3 is 0 Å². The molecule has 2 aromatic rings. The number of rotatable bonds is 3. The average Bonchev–Trinajstić information content (AvgIpc) is 2.61. The minimum Gasteiger partial charge on any atom is -0.330 e. The van der Waals surface area contributed by atoms with Crippen molar-refractivity contribution in [3.05, 3.63) is 35.2 Å². The van der Waals surface area contributed by atoms with Crippen LogP contribution in [0.2, 0.25) is 5.02 Å². The third-order valence-electron chi connectivity index (χ3n) is 2.51. The van der Waals surface area contributed by atoms with Crippen LogP contribution in [0.15, 0.2) is 24.5 Å². The Morgan fingerprint density at radius 2 is 2.33 bits per heavy atom. The maximum absolute atomic E-state index is 5.94. The van der Waals surface area contributed by atoms with E-state index in [0.29, 0.717) is 12.5 Å². The van der Waals surface area contributed by atoms with E-state index in [9.17, 15) is 0 Å². The lowest BCUT2D eigenvalue weighted by Crippen LogP contribution is -2.14. The number of hydrogen-bond donors (Lipinski definition) is 1. The third-order valence-corrected chi connectivity index (χ3v) is 2.73. The zero-order valence-corrected chi connectivity index (χ0v) is 9.41. The molecular formula is C11H14ClN3. The highest BCUT2D eigenvalue weighted by Gasteiger charge is 2.07. The van der Waals surface area contributed by atoms with Crippen LogP contribution >= 0.6 is 11.6 Å². The van der Waals surface area contributed by atoms with Crippen LogP contribution in [0.25, 0.3) is 5.65 Å². The van der Waals surface area contributed by atoms with Gasteiger partial charge in [0, 0.05) is 18.1 Å². The van der Waals surface area contributed by atoms with Crippen molar-refractivity contribution in [1.29, 1.82) is 0 Å². The highest BCUT2D eigenvalue weighted by atomic mass is 35.5. The number of nitrogens with zero attached hydrogens (tertiary/aromatic N) is 2. The lowest BCUT2D eigenvalue weighted by atomic mass is 10.1. The van der Waals surface area contributed by atoms with Gasteiger partial charge in [0.15, 0.2) is 0 Å². The fraction of sp³-hybridized carbons (Fsp3) is 0.364. The van der Waals surface area contributed by atoms with E-state index in [1.807, 2.05) is 28.9 Å². The topological polar surface area (TPSA) is 43.3 Å². The molecule has 3 nitrogen and oxygen atoms in total. The quantitative estimate of drug-likeness (QED) is 0.866. The molecule has 1 atom stereocenters. The lowest BCUT2D eigenvalue weighted by molar-refractivity contribution is 0.582. The molecule has 0 aliphatic carbocycles. The van der Waals surface area contributed by atoms with Gasteiger partial charge in [-0.05, 0) is 31.0 Å². The molecule has 0 aliphatic heterocycles. The number of pyridine rings is 1. The predicted octanol–water partition coefficient (Wildman–Crippen LogP) is 2.12. The standard InChI is InChI=1S/C11H14ClN3/c1-8(5-13)4-10-6-14-11-3-2-9(12)7-15(10)11/h2-3,6-8H,4-5,13H2,1H3. The van der Waals surface area contributed by atoms with Gasteiger partial charge in [0.1, 0.15) is 5.65 Å². The second-order valence-electron chi connectivity index (χ2n) is 3.87. The Morgan fingerprint density at radius 1 is 1.53 bits per heavy atom. The van der Waals surface area contributed by atoms with Crippen LogP contribution in [-0.2, 0) is 6.42 Å². The zero-order valence-electron chi connectivity index (χ0n) is 8.65. The van der Waals surface area contributed by atoms with Crippen LogP contribution in [0.4, 0.5) is 0 Å². The molecule has 1 unspecified atom stereocenters. The number of aromatic nitrogens is 2. The molecular weight excluding hydrogens is 210 g/mol. The van der Waals surface area contributed by atoms with Crippen LogP contribution < -0.4 is 5.73 Å². The lowest BCUT2D eigenvalue weighted by Gasteiger charge is -2.07. The van der Waals surface area contributed by atoms with E-state index in [4.69, 9.17) is 17.3 Å². The normalized spacial score (nSPS) is 13.3. The molecule has 0 spiro atoms. The number of nitrogens with two attached hydrogens (primary N) is 1. The van der Waals surface area contributed by atoms with E-state index in [2.05, 4.69) is 11.9 Å². The summed E-state index contributed by atoms with van der Waals surface area (Å²) < 4.78 is 2.02. The minimum absolute atomic E-state index is 0.462. The van der Waals surface area contributed by atoms with Gasteiger partial charge in [-0.3, -0.25) is 0 Å². The Labute approximate surface area is 93.9 Å². The summed E-state index contributed by atoms with van der Waals surface area (Å²) in [6.07, 6.45) is 4.71. The first-order chi connectivity index (χ1) is 7.20. The van der Waals surface area contributed by atoms with E-state index < -0.39 is 0 Å². The summed E-state index contributed by atoms with van der Waals surface area (Å²) in [6, 6.07) is 3.76. The smallest absolute Gasteiger partial charge is 0.136 e. The summed E-state index contributed by atoms with van der Waals surface area (Å²) in [6.45, 7) is 2.82. The summed E-state index contributed by atoms with van der Waals surface area (Å²) in [5.41, 5.74) is 7.69. The Kier molecular flexibility index (Phi) is 2.93. The first-order valence-electron chi connectivity index (χ1n) is 5.02. The van der Waals surface area contributed by atoms with Crippen molar-refractivity contribution in [3.63, 3.8) is 0 Å². The van der Waals surface area contributed by atoms with E-state index >= 15 is 0 Å². The molecule has 0 saturated heterocycles. The first-order valence-corrected chi connectivity index (χ1v) is 5.40. The van der Waals surface area contributed by atoms with Gasteiger partial charge < -0.3 is 10.1 Å². The Morgan fingerprint density at radius 3 is 3.07 bits per heavy atom. The van der Waals surface area contributed by atoms with Crippen LogP contribution in [-0.4, -0.2) is 15.9 Å². The Balaban J connectivity index is 2.39. The van der Waals surface area contributed by atoms with Crippen molar-refractivity contribution >= 4 is 17.2 Å². The summed E-state index contributed by atoms with van der Waals surface area (Å²) in [5, 5.41) is 0.724. The molecule has 4 heteroatoms. The second kappa shape index (κ2) is 4.21. The summed E-state index contributed by atoms with van der Waals surface area (Å²) >= 11 is 5.94. The van der Waals surface area contributed by atoms with Crippen molar-refractivity contribution in [3.8, 4) is 0 Å². The van der Waals surface area contributed by atoms with E-state index in [1.165, 1.54) is 0 Å². The monoisotopic (exact) mass is 223 g/mol. The van der Waals surface area contributed by atoms with Gasteiger partial charge in [-0.1, -0.05) is 18.5 Å². The van der Waals surface area contributed by atoms with Crippen molar-refractivity contribution in [1.82, 2.24) is 9.38 Å². The van der Waals surface area contributed by atoms with Crippen molar-refractivity contribution < 1.29 is 0 Å². The largest absolute Gasteiger partial charge is 0.330 e. The molecule has 0 bridgehead atoms. The fourth-order valence-corrected chi connectivity index (χ4v) is 1.76. The zero-order chi connectivity index (χ0) is 10.8. The Hall–Kier alpha value is -1.06. The van der Waals surface area contributed by atoms with E-state index in [-0.39, 0.29) is 0 Å². The summed E-state index contributed by atoms with van der Waals surface area (Å²) in [4.78, 5) is 4.31.